The molecule has 0 radical (unpaired) electrons. The number of aliphatic carboxylic acids is 2. The monoisotopic (exact) mass is 258 g/mol. The van der Waals surface area contributed by atoms with Crippen LogP contribution in [0.25, 0.3) is 0 Å². The van der Waals surface area contributed by atoms with Gasteiger partial charge in [0, 0.05) is 0 Å². The van der Waals surface area contributed by atoms with Crippen LogP contribution in [-0.2, 0) is 16.0 Å². The number of aliphatic hydroxyl groups excluding tert-OH is 2. The molecule has 7 heteroatoms. The average molecular weight is 258 g/mol. The molecule has 1 aromatic carbocycles. The molecule has 6 nitrogen and oxygen atoms in total. The van der Waals surface area contributed by atoms with Crippen LogP contribution in [0.2, 0.25) is 0 Å². The number of carbonyl (C=O) groups is 2. The van der Waals surface area contributed by atoms with Gasteiger partial charge >= 0.3 is 11.9 Å². The largest absolute Gasteiger partial charge is 0.481 e. The van der Waals surface area contributed by atoms with Gasteiger partial charge in [0.15, 0.2) is 6.10 Å². The molecule has 2 unspecified atom stereocenters. The molecule has 1 aromatic rings. The predicted molar refractivity (Wildman–Crippen MR) is 56.3 cm³/mol. The fourth-order valence-corrected chi connectivity index (χ4v) is 1.39. The first-order valence-electron chi connectivity index (χ1n) is 4.92. The molecule has 0 aliphatic carbocycles. The molecular formula is C11H11FO6. The van der Waals surface area contributed by atoms with Crippen molar-refractivity contribution in [2.24, 2.45) is 0 Å². The highest BCUT2D eigenvalue weighted by atomic mass is 19.1. The summed E-state index contributed by atoms with van der Waals surface area (Å²) in [4.78, 5) is 20.9. The first kappa shape index (κ1) is 14.1. The molecular weight excluding hydrogens is 247 g/mol. The van der Waals surface area contributed by atoms with Crippen LogP contribution in [0.15, 0.2) is 18.2 Å². The Hall–Kier alpha value is -1.99. The summed E-state index contributed by atoms with van der Waals surface area (Å²) in [6.45, 7) is 0. The summed E-state index contributed by atoms with van der Waals surface area (Å²) >= 11 is 0. The van der Waals surface area contributed by atoms with E-state index < -0.39 is 36.4 Å². The van der Waals surface area contributed by atoms with Crippen molar-refractivity contribution < 1.29 is 34.4 Å². The zero-order valence-electron chi connectivity index (χ0n) is 9.08. The third kappa shape index (κ3) is 3.25. The molecule has 0 aromatic heterocycles. The maximum atomic E-state index is 13.2. The molecule has 0 spiro atoms. The van der Waals surface area contributed by atoms with Gasteiger partial charge in [0.25, 0.3) is 0 Å². The fraction of sp³-hybridized carbons (Fsp3) is 0.273. The van der Waals surface area contributed by atoms with Crippen LogP contribution >= 0.6 is 0 Å². The van der Waals surface area contributed by atoms with Crippen molar-refractivity contribution in [3.05, 3.63) is 35.1 Å². The van der Waals surface area contributed by atoms with Gasteiger partial charge in [-0.15, -0.1) is 0 Å². The van der Waals surface area contributed by atoms with Crippen LogP contribution in [0.5, 0.6) is 0 Å². The number of benzene rings is 1. The quantitative estimate of drug-likeness (QED) is 0.587. The summed E-state index contributed by atoms with van der Waals surface area (Å²) in [5, 5.41) is 35.7. The van der Waals surface area contributed by atoms with Gasteiger partial charge in [0.2, 0.25) is 0 Å². The van der Waals surface area contributed by atoms with Crippen molar-refractivity contribution >= 4 is 11.9 Å². The summed E-state index contributed by atoms with van der Waals surface area (Å²) in [5.41, 5.74) is -0.265. The van der Waals surface area contributed by atoms with Gasteiger partial charge in [-0.05, 0) is 23.3 Å². The average Bonchev–Trinajstić information content (AvgIpc) is 2.29. The lowest BCUT2D eigenvalue weighted by Gasteiger charge is -2.15. The Kier molecular flexibility index (Phi) is 4.35. The molecule has 2 atom stereocenters. The highest BCUT2D eigenvalue weighted by Crippen LogP contribution is 2.20. The van der Waals surface area contributed by atoms with Crippen LogP contribution in [0.3, 0.4) is 0 Å². The highest BCUT2D eigenvalue weighted by molar-refractivity contribution is 5.73. The van der Waals surface area contributed by atoms with Crippen LogP contribution < -0.4 is 0 Å². The molecule has 1 rings (SSSR count). The first-order chi connectivity index (χ1) is 8.32. The molecule has 0 heterocycles. The minimum Gasteiger partial charge on any atom is -0.481 e. The van der Waals surface area contributed by atoms with E-state index in [0.29, 0.717) is 0 Å². The summed E-state index contributed by atoms with van der Waals surface area (Å²) in [5.74, 6) is -3.68. The SMILES string of the molecule is O=C(O)Cc1cc(C(O)C(O)C(=O)O)ccc1F. The molecule has 98 valence electrons. The number of halogens is 1. The lowest BCUT2D eigenvalue weighted by molar-refractivity contribution is -0.153. The van der Waals surface area contributed by atoms with E-state index in [-0.39, 0.29) is 11.1 Å². The van der Waals surface area contributed by atoms with Gasteiger partial charge in [-0.25, -0.2) is 9.18 Å². The Morgan fingerprint density at radius 1 is 1.22 bits per heavy atom. The van der Waals surface area contributed by atoms with E-state index in [4.69, 9.17) is 15.3 Å². The Labute approximate surface area is 101 Å². The summed E-state index contributed by atoms with van der Waals surface area (Å²) in [6.07, 6.45) is -4.42. The zero-order chi connectivity index (χ0) is 13.9. The second kappa shape index (κ2) is 5.56. The van der Waals surface area contributed by atoms with E-state index in [9.17, 15) is 19.1 Å². The van der Waals surface area contributed by atoms with E-state index in [1.807, 2.05) is 0 Å². The lowest BCUT2D eigenvalue weighted by Crippen LogP contribution is -2.27. The van der Waals surface area contributed by atoms with Crippen LogP contribution in [-0.4, -0.2) is 38.5 Å². The Morgan fingerprint density at radius 3 is 2.33 bits per heavy atom. The molecule has 0 saturated heterocycles. The number of rotatable bonds is 5. The Balaban J connectivity index is 3.04. The summed E-state index contributed by atoms with van der Waals surface area (Å²) in [7, 11) is 0. The third-order valence-electron chi connectivity index (χ3n) is 2.31. The van der Waals surface area contributed by atoms with Gasteiger partial charge < -0.3 is 20.4 Å². The van der Waals surface area contributed by atoms with Crippen molar-refractivity contribution in [2.45, 2.75) is 18.6 Å². The minimum atomic E-state index is -2.06. The van der Waals surface area contributed by atoms with Crippen molar-refractivity contribution in [1.29, 1.82) is 0 Å². The highest BCUT2D eigenvalue weighted by Gasteiger charge is 2.25. The molecule has 0 fully saturated rings. The van der Waals surface area contributed by atoms with E-state index in [1.54, 1.807) is 0 Å². The Bertz CT molecular complexity index is 473. The molecule has 0 bridgehead atoms. The second-order valence-corrected chi connectivity index (χ2v) is 3.65. The number of hydrogen-bond donors (Lipinski definition) is 4. The molecule has 0 saturated carbocycles. The van der Waals surface area contributed by atoms with Gasteiger partial charge in [-0.1, -0.05) is 6.07 Å². The van der Waals surface area contributed by atoms with Gasteiger partial charge in [-0.3, -0.25) is 4.79 Å². The van der Waals surface area contributed by atoms with Gasteiger partial charge in [0.1, 0.15) is 11.9 Å². The molecule has 4 N–H and O–H groups in total. The van der Waals surface area contributed by atoms with Crippen molar-refractivity contribution in [3.63, 3.8) is 0 Å². The van der Waals surface area contributed by atoms with Crippen LogP contribution in [0, 0.1) is 5.82 Å². The maximum Gasteiger partial charge on any atom is 0.335 e. The summed E-state index contributed by atoms with van der Waals surface area (Å²) < 4.78 is 13.2. The molecule has 0 aliphatic heterocycles. The minimum absolute atomic E-state index is 0.0671. The summed E-state index contributed by atoms with van der Waals surface area (Å²) in [6, 6.07) is 3.00. The van der Waals surface area contributed by atoms with E-state index in [0.717, 1.165) is 18.2 Å². The maximum absolute atomic E-state index is 13.2. The van der Waals surface area contributed by atoms with E-state index in [1.165, 1.54) is 0 Å². The predicted octanol–water partition coefficient (Wildman–Crippen LogP) is -0.0683. The number of carboxylic acids is 2. The van der Waals surface area contributed by atoms with E-state index >= 15 is 0 Å². The lowest BCUT2D eigenvalue weighted by atomic mass is 10.0. The van der Waals surface area contributed by atoms with Crippen molar-refractivity contribution in [3.8, 4) is 0 Å². The Morgan fingerprint density at radius 2 is 1.83 bits per heavy atom. The van der Waals surface area contributed by atoms with Crippen LogP contribution in [0.4, 0.5) is 4.39 Å². The van der Waals surface area contributed by atoms with Crippen LogP contribution in [0.1, 0.15) is 17.2 Å². The zero-order valence-corrected chi connectivity index (χ0v) is 9.08. The van der Waals surface area contributed by atoms with E-state index in [2.05, 4.69) is 0 Å². The smallest absolute Gasteiger partial charge is 0.335 e. The molecule has 0 aliphatic rings. The van der Waals surface area contributed by atoms with Crippen molar-refractivity contribution in [2.75, 3.05) is 0 Å². The fourth-order valence-electron chi connectivity index (χ4n) is 1.39. The topological polar surface area (TPSA) is 115 Å². The van der Waals surface area contributed by atoms with Gasteiger partial charge in [-0.2, -0.15) is 0 Å². The molecule has 0 amide bonds. The first-order valence-corrected chi connectivity index (χ1v) is 4.92. The number of aliphatic hydroxyl groups is 2. The molecule has 18 heavy (non-hydrogen) atoms. The number of carboxylic acid groups (broad SMARTS) is 2. The third-order valence-corrected chi connectivity index (χ3v) is 2.31. The normalized spacial score (nSPS) is 13.9. The van der Waals surface area contributed by atoms with Crippen molar-refractivity contribution in [1.82, 2.24) is 0 Å². The standard InChI is InChI=1S/C11H11FO6/c12-7-2-1-5(3-6(7)4-8(13)14)9(15)10(16)11(17)18/h1-3,9-10,15-16H,4H2,(H,13,14)(H,17,18). The number of hydrogen-bond acceptors (Lipinski definition) is 4. The van der Waals surface area contributed by atoms with Gasteiger partial charge in [0.05, 0.1) is 6.42 Å². The second-order valence-electron chi connectivity index (χ2n) is 3.65.